The van der Waals surface area contributed by atoms with Crippen LogP contribution in [0.5, 0.6) is 0 Å². The van der Waals surface area contributed by atoms with Gasteiger partial charge in [0.2, 0.25) is 11.8 Å². The van der Waals surface area contributed by atoms with Crippen LogP contribution in [0.2, 0.25) is 0 Å². The summed E-state index contributed by atoms with van der Waals surface area (Å²) in [5.74, 6) is 0.815. The van der Waals surface area contributed by atoms with Gasteiger partial charge in [0.25, 0.3) is 0 Å². The average Bonchev–Trinajstić information content (AvgIpc) is 3.44. The lowest BCUT2D eigenvalue weighted by atomic mass is 10.1. The highest BCUT2D eigenvalue weighted by Gasteiger charge is 2.37. The van der Waals surface area contributed by atoms with E-state index in [0.29, 0.717) is 13.0 Å². The van der Waals surface area contributed by atoms with Gasteiger partial charge in [0.1, 0.15) is 12.4 Å². The van der Waals surface area contributed by atoms with Gasteiger partial charge in [-0.2, -0.15) is 0 Å². The van der Waals surface area contributed by atoms with Crippen LogP contribution in [0.1, 0.15) is 36.7 Å². The Kier molecular flexibility index (Phi) is 5.88. The number of carbonyl (C=O) groups excluding carboxylic acids is 2. The maximum absolute atomic E-state index is 13.2. The number of likely N-dealkylation sites (N-methyl/N-ethyl adjacent to an activating group) is 1. The van der Waals surface area contributed by atoms with Crippen LogP contribution >= 0.6 is 0 Å². The second kappa shape index (κ2) is 9.14. The minimum atomic E-state index is -0.0686. The van der Waals surface area contributed by atoms with Crippen molar-refractivity contribution in [3.8, 4) is 0 Å². The minimum absolute atomic E-state index is 0.0117. The van der Waals surface area contributed by atoms with Crippen molar-refractivity contribution in [1.29, 1.82) is 0 Å². The Hall–Kier alpha value is -3.93. The quantitative estimate of drug-likeness (QED) is 0.423. The molecule has 0 N–H and O–H groups in total. The van der Waals surface area contributed by atoms with Gasteiger partial charge in [-0.25, -0.2) is 4.98 Å². The summed E-state index contributed by atoms with van der Waals surface area (Å²) in [6.45, 7) is 2.82. The van der Waals surface area contributed by atoms with E-state index in [2.05, 4.69) is 19.1 Å². The lowest BCUT2D eigenvalue weighted by molar-refractivity contribution is -0.129. The summed E-state index contributed by atoms with van der Waals surface area (Å²) in [5.41, 5.74) is 3.71. The number of imidazole rings is 1. The van der Waals surface area contributed by atoms with Gasteiger partial charge in [-0.1, -0.05) is 60.7 Å². The van der Waals surface area contributed by atoms with Crippen molar-refractivity contribution >= 4 is 28.5 Å². The summed E-state index contributed by atoms with van der Waals surface area (Å²) in [5, 5.41) is 0. The Morgan fingerprint density at radius 2 is 1.65 bits per heavy atom. The first kappa shape index (κ1) is 21.9. The van der Waals surface area contributed by atoms with Gasteiger partial charge in [0.15, 0.2) is 0 Å². The average molecular weight is 453 g/mol. The third-order valence-electron chi connectivity index (χ3n) is 6.77. The first-order valence-electron chi connectivity index (χ1n) is 11.6. The molecule has 6 nitrogen and oxygen atoms in total. The van der Waals surface area contributed by atoms with Crippen LogP contribution in [0, 0.1) is 0 Å². The SMILES string of the molecule is CC(c1ccccc1)N1CC(c2nc3ccccc3n2CC(=O)N(C)c2ccccc2)CC1=O. The van der Waals surface area contributed by atoms with Gasteiger partial charge in [-0.3, -0.25) is 9.59 Å². The van der Waals surface area contributed by atoms with E-state index in [9.17, 15) is 9.59 Å². The first-order chi connectivity index (χ1) is 16.5. The van der Waals surface area contributed by atoms with Crippen LogP contribution < -0.4 is 4.90 Å². The summed E-state index contributed by atoms with van der Waals surface area (Å²) in [4.78, 5) is 34.8. The number of anilines is 1. The molecule has 34 heavy (non-hydrogen) atoms. The molecule has 2 amide bonds. The molecule has 1 saturated heterocycles. The second-order valence-corrected chi connectivity index (χ2v) is 8.87. The Bertz CT molecular complexity index is 1320. The van der Waals surface area contributed by atoms with Crippen molar-refractivity contribution in [2.75, 3.05) is 18.5 Å². The Morgan fingerprint density at radius 3 is 2.38 bits per heavy atom. The van der Waals surface area contributed by atoms with Gasteiger partial charge in [-0.15, -0.1) is 0 Å². The summed E-state index contributed by atoms with van der Waals surface area (Å²) in [6, 6.07) is 27.5. The maximum Gasteiger partial charge on any atom is 0.246 e. The molecule has 0 saturated carbocycles. The summed E-state index contributed by atoms with van der Waals surface area (Å²) < 4.78 is 1.99. The molecule has 1 fully saturated rings. The van der Waals surface area contributed by atoms with E-state index in [-0.39, 0.29) is 30.3 Å². The Labute approximate surface area is 199 Å². The molecule has 1 aliphatic heterocycles. The number of benzene rings is 3. The minimum Gasteiger partial charge on any atom is -0.335 e. The van der Waals surface area contributed by atoms with Crippen molar-refractivity contribution < 1.29 is 9.59 Å². The van der Waals surface area contributed by atoms with E-state index in [4.69, 9.17) is 4.98 Å². The highest BCUT2D eigenvalue weighted by Crippen LogP contribution is 2.35. The molecule has 2 unspecified atom stereocenters. The van der Waals surface area contributed by atoms with E-state index >= 15 is 0 Å². The van der Waals surface area contributed by atoms with Crippen LogP contribution in [0.4, 0.5) is 5.69 Å². The molecule has 0 bridgehead atoms. The van der Waals surface area contributed by atoms with Gasteiger partial charge < -0.3 is 14.4 Å². The van der Waals surface area contributed by atoms with E-state index in [1.807, 2.05) is 82.3 Å². The number of hydrogen-bond acceptors (Lipinski definition) is 3. The van der Waals surface area contributed by atoms with Gasteiger partial charge >= 0.3 is 0 Å². The number of carbonyl (C=O) groups is 2. The fraction of sp³-hybridized carbons (Fsp3) is 0.250. The summed E-state index contributed by atoms with van der Waals surface area (Å²) in [7, 11) is 1.79. The molecule has 3 aromatic carbocycles. The molecule has 1 aromatic heterocycles. The fourth-order valence-electron chi connectivity index (χ4n) is 4.80. The predicted molar refractivity (Wildman–Crippen MR) is 134 cm³/mol. The normalized spacial score (nSPS) is 16.7. The largest absolute Gasteiger partial charge is 0.335 e. The van der Waals surface area contributed by atoms with Crippen LogP contribution in [0.25, 0.3) is 11.0 Å². The number of amides is 2. The zero-order valence-corrected chi connectivity index (χ0v) is 19.5. The number of para-hydroxylation sites is 3. The first-order valence-corrected chi connectivity index (χ1v) is 11.6. The molecule has 5 rings (SSSR count). The van der Waals surface area contributed by atoms with Crippen molar-refractivity contribution in [3.63, 3.8) is 0 Å². The molecule has 2 atom stereocenters. The topological polar surface area (TPSA) is 58.4 Å². The third-order valence-corrected chi connectivity index (χ3v) is 6.77. The molecule has 1 aliphatic rings. The molecule has 172 valence electrons. The van der Waals surface area contributed by atoms with Crippen molar-refractivity contribution in [2.45, 2.75) is 31.8 Å². The van der Waals surface area contributed by atoms with E-state index in [1.54, 1.807) is 11.9 Å². The number of likely N-dealkylation sites (tertiary alicyclic amines) is 1. The Morgan fingerprint density at radius 1 is 1.00 bits per heavy atom. The van der Waals surface area contributed by atoms with Crippen LogP contribution in [0.15, 0.2) is 84.9 Å². The van der Waals surface area contributed by atoms with Crippen LogP contribution in [-0.2, 0) is 16.1 Å². The summed E-state index contributed by atoms with van der Waals surface area (Å²) in [6.07, 6.45) is 0.392. The molecule has 0 aliphatic carbocycles. The Balaban J connectivity index is 1.44. The van der Waals surface area contributed by atoms with E-state index in [0.717, 1.165) is 28.1 Å². The molecular formula is C28H28N4O2. The lowest BCUT2D eigenvalue weighted by Crippen LogP contribution is -2.31. The number of fused-ring (bicyclic) bond motifs is 1. The predicted octanol–water partition coefficient (Wildman–Crippen LogP) is 4.78. The fourth-order valence-corrected chi connectivity index (χ4v) is 4.80. The number of rotatable bonds is 6. The molecule has 2 heterocycles. The third kappa shape index (κ3) is 4.07. The second-order valence-electron chi connectivity index (χ2n) is 8.87. The maximum atomic E-state index is 13.2. The highest BCUT2D eigenvalue weighted by molar-refractivity contribution is 5.93. The molecule has 4 aromatic rings. The van der Waals surface area contributed by atoms with Crippen molar-refractivity contribution in [2.24, 2.45) is 0 Å². The number of nitrogens with zero attached hydrogens (tertiary/aromatic N) is 4. The van der Waals surface area contributed by atoms with Crippen molar-refractivity contribution in [3.05, 3.63) is 96.3 Å². The van der Waals surface area contributed by atoms with Crippen LogP contribution in [-0.4, -0.2) is 39.9 Å². The monoisotopic (exact) mass is 452 g/mol. The zero-order chi connectivity index (χ0) is 23.7. The molecular weight excluding hydrogens is 424 g/mol. The lowest BCUT2D eigenvalue weighted by Gasteiger charge is -2.25. The smallest absolute Gasteiger partial charge is 0.246 e. The van der Waals surface area contributed by atoms with Gasteiger partial charge in [0, 0.05) is 31.6 Å². The van der Waals surface area contributed by atoms with E-state index < -0.39 is 0 Å². The van der Waals surface area contributed by atoms with Gasteiger partial charge in [-0.05, 0) is 36.8 Å². The number of hydrogen-bond donors (Lipinski definition) is 0. The number of aromatic nitrogens is 2. The van der Waals surface area contributed by atoms with E-state index in [1.165, 1.54) is 0 Å². The summed E-state index contributed by atoms with van der Waals surface area (Å²) >= 11 is 0. The highest BCUT2D eigenvalue weighted by atomic mass is 16.2. The molecule has 0 radical (unpaired) electrons. The molecule has 0 spiro atoms. The van der Waals surface area contributed by atoms with Crippen molar-refractivity contribution in [1.82, 2.24) is 14.5 Å². The van der Waals surface area contributed by atoms with Gasteiger partial charge in [0.05, 0.1) is 17.1 Å². The zero-order valence-electron chi connectivity index (χ0n) is 19.5. The standard InChI is InChI=1S/C28H28N4O2/c1-20(21-11-5-3-6-12-21)31-18-22(17-26(31)33)28-29-24-15-9-10-16-25(24)32(28)19-27(34)30(2)23-13-7-4-8-14-23/h3-16,20,22H,17-19H2,1-2H3. The van der Waals surface area contributed by atoms with Crippen LogP contribution in [0.3, 0.4) is 0 Å². The molecule has 6 heteroatoms.